The molecule has 0 aliphatic rings. The molecule has 0 bridgehead atoms. The van der Waals surface area contributed by atoms with Crippen LogP contribution in [0.15, 0.2) is 39.7 Å². The molecule has 148 valence electrons. The van der Waals surface area contributed by atoms with Gasteiger partial charge in [-0.15, -0.1) is 0 Å². The number of H-pyrrole nitrogens is 1. The van der Waals surface area contributed by atoms with Crippen LogP contribution in [-0.4, -0.2) is 21.0 Å². The number of carbonyl (C=O) groups is 1. The maximum absolute atomic E-state index is 12.6. The van der Waals surface area contributed by atoms with E-state index in [1.807, 2.05) is 0 Å². The van der Waals surface area contributed by atoms with Crippen LogP contribution in [0.4, 0.5) is 13.2 Å². The van der Waals surface area contributed by atoms with Crippen LogP contribution in [0.3, 0.4) is 0 Å². The molecule has 1 atom stereocenters. The van der Waals surface area contributed by atoms with E-state index in [2.05, 4.69) is 36.4 Å². The molecule has 0 radical (unpaired) electrons. The smallest absolute Gasteiger partial charge is 0.358 e. The Morgan fingerprint density at radius 2 is 2.14 bits per heavy atom. The summed E-state index contributed by atoms with van der Waals surface area (Å²) in [4.78, 5) is 18.9. The highest BCUT2D eigenvalue weighted by molar-refractivity contribution is 9.10. The van der Waals surface area contributed by atoms with Gasteiger partial charge in [0.2, 0.25) is 0 Å². The number of carbonyl (C=O) groups excluding carboxylic acids is 1. The van der Waals surface area contributed by atoms with Crippen molar-refractivity contribution in [2.45, 2.75) is 32.5 Å². The second kappa shape index (κ2) is 7.78. The van der Waals surface area contributed by atoms with E-state index in [1.165, 1.54) is 12.3 Å². The zero-order valence-corrected chi connectivity index (χ0v) is 16.5. The summed E-state index contributed by atoms with van der Waals surface area (Å²) in [5.41, 5.74) is 1.56. The lowest BCUT2D eigenvalue weighted by Crippen LogP contribution is -2.27. The summed E-state index contributed by atoms with van der Waals surface area (Å²) in [6.45, 7) is 3.53. The summed E-state index contributed by atoms with van der Waals surface area (Å²) in [7, 11) is 0. The van der Waals surface area contributed by atoms with Crippen molar-refractivity contribution in [2.75, 3.05) is 0 Å². The van der Waals surface area contributed by atoms with Gasteiger partial charge in [0.1, 0.15) is 16.0 Å². The number of nitrogens with zero attached hydrogens (tertiary/aromatic N) is 2. The van der Waals surface area contributed by atoms with E-state index in [0.29, 0.717) is 33.6 Å². The summed E-state index contributed by atoms with van der Waals surface area (Å²) in [6, 6.07) is 3.60. The number of nitrogens with one attached hydrogen (secondary N) is 2. The van der Waals surface area contributed by atoms with Crippen molar-refractivity contribution < 1.29 is 22.5 Å². The highest BCUT2D eigenvalue weighted by Gasteiger charge is 2.32. The molecule has 1 unspecified atom stereocenters. The van der Waals surface area contributed by atoms with E-state index < -0.39 is 17.9 Å². The lowest BCUT2D eigenvalue weighted by atomic mass is 10.0. The average molecular weight is 457 g/mol. The highest BCUT2D eigenvalue weighted by Crippen LogP contribution is 2.27. The number of pyridine rings is 1. The lowest BCUT2D eigenvalue weighted by molar-refractivity contribution is -0.141. The summed E-state index contributed by atoms with van der Waals surface area (Å²) < 4.78 is 43.5. The zero-order valence-electron chi connectivity index (χ0n) is 14.9. The van der Waals surface area contributed by atoms with Crippen LogP contribution in [0, 0.1) is 6.92 Å². The first kappa shape index (κ1) is 20.1. The summed E-state index contributed by atoms with van der Waals surface area (Å²) >= 11 is 3.18. The molecule has 3 rings (SSSR count). The van der Waals surface area contributed by atoms with Gasteiger partial charge in [-0.1, -0.05) is 11.2 Å². The predicted octanol–water partition coefficient (Wildman–Crippen LogP) is 4.57. The SMILES string of the molecule is Cc1c(Cc2ccc(C(F)(F)F)nc2)c[nH]c1C(=O)NC(C)c1cc(Br)no1. The van der Waals surface area contributed by atoms with Gasteiger partial charge < -0.3 is 14.8 Å². The monoisotopic (exact) mass is 456 g/mol. The number of aromatic nitrogens is 3. The molecular formula is C18H16BrF3N4O2. The molecule has 0 aliphatic heterocycles. The Morgan fingerprint density at radius 1 is 1.39 bits per heavy atom. The zero-order chi connectivity index (χ0) is 20.5. The largest absolute Gasteiger partial charge is 0.433 e. The molecular weight excluding hydrogens is 441 g/mol. The van der Waals surface area contributed by atoms with Crippen LogP contribution >= 0.6 is 15.9 Å². The van der Waals surface area contributed by atoms with Crippen LogP contribution in [0.1, 0.15) is 51.6 Å². The average Bonchev–Trinajstić information content (AvgIpc) is 3.21. The highest BCUT2D eigenvalue weighted by atomic mass is 79.9. The van der Waals surface area contributed by atoms with E-state index in [1.54, 1.807) is 26.1 Å². The Morgan fingerprint density at radius 3 is 2.71 bits per heavy atom. The van der Waals surface area contributed by atoms with Crippen LogP contribution in [0.25, 0.3) is 0 Å². The molecule has 0 saturated heterocycles. The number of halogens is 4. The van der Waals surface area contributed by atoms with Crippen molar-refractivity contribution in [3.8, 4) is 0 Å². The van der Waals surface area contributed by atoms with E-state index in [-0.39, 0.29) is 5.91 Å². The molecule has 0 aromatic carbocycles. The van der Waals surface area contributed by atoms with Crippen molar-refractivity contribution >= 4 is 21.8 Å². The molecule has 0 fully saturated rings. The van der Waals surface area contributed by atoms with E-state index >= 15 is 0 Å². The maximum atomic E-state index is 12.6. The van der Waals surface area contributed by atoms with Gasteiger partial charge in [0, 0.05) is 24.9 Å². The Labute approximate surface area is 166 Å². The fourth-order valence-corrected chi connectivity index (χ4v) is 2.98. The predicted molar refractivity (Wildman–Crippen MR) is 97.7 cm³/mol. The van der Waals surface area contributed by atoms with Gasteiger partial charge in [-0.3, -0.25) is 9.78 Å². The minimum Gasteiger partial charge on any atom is -0.358 e. The first-order chi connectivity index (χ1) is 13.1. The molecule has 3 heterocycles. The number of aromatic amines is 1. The Balaban J connectivity index is 1.70. The second-order valence-electron chi connectivity index (χ2n) is 6.29. The molecule has 28 heavy (non-hydrogen) atoms. The van der Waals surface area contributed by atoms with Gasteiger partial charge in [0.25, 0.3) is 5.91 Å². The quantitative estimate of drug-likeness (QED) is 0.588. The van der Waals surface area contributed by atoms with Crippen molar-refractivity contribution in [1.29, 1.82) is 0 Å². The van der Waals surface area contributed by atoms with Crippen molar-refractivity contribution in [2.24, 2.45) is 0 Å². The molecule has 3 aromatic rings. The Hall–Kier alpha value is -2.62. The first-order valence-electron chi connectivity index (χ1n) is 8.27. The van der Waals surface area contributed by atoms with Crippen molar-refractivity contribution in [3.63, 3.8) is 0 Å². The fourth-order valence-electron chi connectivity index (χ4n) is 2.68. The normalized spacial score (nSPS) is 12.8. The van der Waals surface area contributed by atoms with Gasteiger partial charge in [-0.05, 0) is 52.5 Å². The van der Waals surface area contributed by atoms with Gasteiger partial charge in [-0.2, -0.15) is 13.2 Å². The Bertz CT molecular complexity index is 980. The van der Waals surface area contributed by atoms with Crippen LogP contribution < -0.4 is 5.32 Å². The number of hydrogen-bond donors (Lipinski definition) is 2. The molecule has 3 aromatic heterocycles. The third-order valence-corrected chi connectivity index (χ3v) is 4.63. The second-order valence-corrected chi connectivity index (χ2v) is 7.10. The molecule has 10 heteroatoms. The van der Waals surface area contributed by atoms with Crippen LogP contribution in [0.5, 0.6) is 0 Å². The standard InChI is InChI=1S/C18H16BrF3N4O2/c1-9-12(5-11-3-4-14(23-7-11)18(20,21)22)8-24-16(9)17(27)25-10(2)13-6-15(19)26-28-13/h3-4,6-8,10,24H,5H2,1-2H3,(H,25,27). The topological polar surface area (TPSA) is 83.8 Å². The van der Waals surface area contributed by atoms with Gasteiger partial charge in [0.05, 0.1) is 6.04 Å². The summed E-state index contributed by atoms with van der Waals surface area (Å²) in [5.74, 6) is 0.176. The molecule has 0 saturated carbocycles. The van der Waals surface area contributed by atoms with Crippen LogP contribution in [0.2, 0.25) is 0 Å². The number of alkyl halides is 3. The van der Waals surface area contributed by atoms with Crippen molar-refractivity contribution in [3.05, 3.63) is 69.0 Å². The number of amides is 1. The minimum atomic E-state index is -4.47. The molecule has 0 aliphatic carbocycles. The molecule has 6 nitrogen and oxygen atoms in total. The third-order valence-electron chi connectivity index (χ3n) is 4.26. The third kappa shape index (κ3) is 4.44. The van der Waals surface area contributed by atoms with Gasteiger partial charge in [-0.25, -0.2) is 0 Å². The molecule has 1 amide bonds. The van der Waals surface area contributed by atoms with E-state index in [4.69, 9.17) is 4.52 Å². The van der Waals surface area contributed by atoms with Gasteiger partial charge in [0.15, 0.2) is 5.76 Å². The minimum absolute atomic E-state index is 0.325. The molecule has 0 spiro atoms. The molecule has 2 N–H and O–H groups in total. The maximum Gasteiger partial charge on any atom is 0.433 e. The van der Waals surface area contributed by atoms with Crippen LogP contribution in [-0.2, 0) is 12.6 Å². The summed E-state index contributed by atoms with van der Waals surface area (Å²) in [6.07, 6.45) is -1.26. The fraction of sp³-hybridized carbons (Fsp3) is 0.278. The van der Waals surface area contributed by atoms with E-state index in [0.717, 1.165) is 11.6 Å². The summed E-state index contributed by atoms with van der Waals surface area (Å²) in [5, 5.41) is 6.52. The van der Waals surface area contributed by atoms with E-state index in [9.17, 15) is 18.0 Å². The lowest BCUT2D eigenvalue weighted by Gasteiger charge is -2.10. The first-order valence-corrected chi connectivity index (χ1v) is 9.06. The Kier molecular flexibility index (Phi) is 5.59. The van der Waals surface area contributed by atoms with Crippen molar-refractivity contribution in [1.82, 2.24) is 20.4 Å². The number of hydrogen-bond acceptors (Lipinski definition) is 4. The number of rotatable bonds is 5. The van der Waals surface area contributed by atoms with Gasteiger partial charge >= 0.3 is 6.18 Å².